The van der Waals surface area contributed by atoms with Crippen molar-refractivity contribution in [1.29, 1.82) is 0 Å². The van der Waals surface area contributed by atoms with Gasteiger partial charge >= 0.3 is 18.2 Å². The Hall–Kier alpha value is -3.48. The summed E-state index contributed by atoms with van der Waals surface area (Å²) >= 11 is 0. The lowest BCUT2D eigenvalue weighted by molar-refractivity contribution is -0.242. The highest BCUT2D eigenvalue weighted by Crippen LogP contribution is 2.40. The second-order valence-electron chi connectivity index (χ2n) is 8.73. The van der Waals surface area contributed by atoms with Gasteiger partial charge in [0.05, 0.1) is 17.1 Å². The number of amides is 1. The van der Waals surface area contributed by atoms with Gasteiger partial charge < -0.3 is 14.6 Å². The zero-order chi connectivity index (χ0) is 26.9. The molecule has 0 saturated carbocycles. The van der Waals surface area contributed by atoms with Crippen molar-refractivity contribution in [3.8, 4) is 5.75 Å². The van der Waals surface area contributed by atoms with Crippen LogP contribution in [0.15, 0.2) is 47.4 Å². The highest BCUT2D eigenvalue weighted by atomic mass is 32.2. The van der Waals surface area contributed by atoms with Crippen LogP contribution in [0.4, 0.5) is 29.3 Å². The zero-order valence-electron chi connectivity index (χ0n) is 19.6. The van der Waals surface area contributed by atoms with Crippen molar-refractivity contribution in [3.63, 3.8) is 0 Å². The molecule has 0 fully saturated rings. The molecule has 196 valence electrons. The number of rotatable bonds is 7. The number of hydrogen-bond acceptors (Lipinski definition) is 6. The Morgan fingerprint density at radius 1 is 1.19 bits per heavy atom. The first-order valence-corrected chi connectivity index (χ1v) is 12.2. The summed E-state index contributed by atoms with van der Waals surface area (Å²) in [4.78, 5) is 23.1. The maximum Gasteiger partial charge on any atom is 0.427 e. The molecule has 0 aromatic heterocycles. The van der Waals surface area contributed by atoms with E-state index in [2.05, 4.69) is 10.1 Å². The third-order valence-electron chi connectivity index (χ3n) is 5.43. The van der Waals surface area contributed by atoms with E-state index in [-0.39, 0.29) is 41.4 Å². The third-order valence-corrected chi connectivity index (χ3v) is 7.20. The summed E-state index contributed by atoms with van der Waals surface area (Å²) in [5.41, 5.74) is -2.08. The molecule has 1 amide bonds. The Labute approximate surface area is 205 Å². The summed E-state index contributed by atoms with van der Waals surface area (Å²) in [6, 6.07) is 10.0. The van der Waals surface area contributed by atoms with Crippen LogP contribution < -0.4 is 14.4 Å². The normalized spacial score (nSPS) is 16.1. The molecule has 13 heteroatoms. The first-order valence-electron chi connectivity index (χ1n) is 10.8. The lowest BCUT2D eigenvalue weighted by Gasteiger charge is -2.35. The van der Waals surface area contributed by atoms with Gasteiger partial charge in [-0.1, -0.05) is 12.1 Å². The standard InChI is InChI=1S/C23H25F3N2O7S/c1-14-5-4-6-17(11-14)36(32,33)28-13-16(8-10-20(29)30)34-19-9-7-15(12-18(19)28)27-21(31)35-22(2,3)23(24,25)26/h4-7,9,11-12,16H,8,10,13H2,1-3H3,(H,27,31)(H,29,30)/t16-/m0/s1. The Balaban J connectivity index is 1.96. The number of halogens is 3. The molecule has 1 atom stereocenters. The molecule has 1 aliphatic rings. The molecule has 9 nitrogen and oxygen atoms in total. The fourth-order valence-corrected chi connectivity index (χ4v) is 4.99. The van der Waals surface area contributed by atoms with E-state index >= 15 is 0 Å². The van der Waals surface area contributed by atoms with Crippen molar-refractivity contribution < 1.29 is 45.8 Å². The molecule has 36 heavy (non-hydrogen) atoms. The van der Waals surface area contributed by atoms with Crippen LogP contribution in [0.1, 0.15) is 32.3 Å². The van der Waals surface area contributed by atoms with Crippen LogP contribution in [-0.2, 0) is 19.6 Å². The number of alkyl halides is 3. The molecule has 0 radical (unpaired) electrons. The molecule has 1 heterocycles. The van der Waals surface area contributed by atoms with Gasteiger partial charge in [-0.3, -0.25) is 14.4 Å². The summed E-state index contributed by atoms with van der Waals surface area (Å²) in [7, 11) is -4.15. The summed E-state index contributed by atoms with van der Waals surface area (Å²) in [6.07, 6.45) is -7.18. The average molecular weight is 531 g/mol. The topological polar surface area (TPSA) is 122 Å². The molecule has 2 aromatic carbocycles. The minimum absolute atomic E-state index is 0.0166. The number of carbonyl (C=O) groups is 2. The first-order chi connectivity index (χ1) is 16.6. The molecule has 0 spiro atoms. The average Bonchev–Trinajstić information content (AvgIpc) is 2.76. The second kappa shape index (κ2) is 9.88. The van der Waals surface area contributed by atoms with E-state index < -0.39 is 40.0 Å². The Kier molecular flexibility index (Phi) is 7.44. The van der Waals surface area contributed by atoms with Crippen molar-refractivity contribution in [3.05, 3.63) is 48.0 Å². The smallest absolute Gasteiger partial charge is 0.427 e. The molecule has 2 aromatic rings. The van der Waals surface area contributed by atoms with Crippen LogP contribution in [0.2, 0.25) is 0 Å². The Morgan fingerprint density at radius 3 is 2.50 bits per heavy atom. The number of nitrogens with zero attached hydrogens (tertiary/aromatic N) is 1. The van der Waals surface area contributed by atoms with Crippen molar-refractivity contribution in [2.24, 2.45) is 0 Å². The number of nitrogens with one attached hydrogen (secondary N) is 1. The van der Waals surface area contributed by atoms with Gasteiger partial charge in [0.25, 0.3) is 10.0 Å². The van der Waals surface area contributed by atoms with Gasteiger partial charge in [0, 0.05) is 12.1 Å². The highest BCUT2D eigenvalue weighted by Gasteiger charge is 2.51. The lowest BCUT2D eigenvalue weighted by Crippen LogP contribution is -2.44. The summed E-state index contributed by atoms with van der Waals surface area (Å²) in [6.45, 7) is 2.89. The predicted octanol–water partition coefficient (Wildman–Crippen LogP) is 4.71. The van der Waals surface area contributed by atoms with Gasteiger partial charge in [0.15, 0.2) is 0 Å². The van der Waals surface area contributed by atoms with E-state index in [1.807, 2.05) is 0 Å². The van der Waals surface area contributed by atoms with Crippen molar-refractivity contribution in [1.82, 2.24) is 0 Å². The fourth-order valence-electron chi connectivity index (χ4n) is 3.39. The maximum absolute atomic E-state index is 13.5. The van der Waals surface area contributed by atoms with Crippen LogP contribution in [-0.4, -0.2) is 50.0 Å². The third kappa shape index (κ3) is 6.01. The van der Waals surface area contributed by atoms with E-state index in [4.69, 9.17) is 9.84 Å². The monoisotopic (exact) mass is 530 g/mol. The number of carboxylic acids is 1. The minimum atomic E-state index is -4.81. The largest absolute Gasteiger partial charge is 0.486 e. The van der Waals surface area contributed by atoms with Gasteiger partial charge in [-0.2, -0.15) is 13.2 Å². The number of ether oxygens (including phenoxy) is 2. The van der Waals surface area contributed by atoms with Crippen LogP contribution in [0.25, 0.3) is 0 Å². The number of aryl methyl sites for hydroxylation is 1. The fraction of sp³-hybridized carbons (Fsp3) is 0.391. The molecule has 2 N–H and O–H groups in total. The quantitative estimate of drug-likeness (QED) is 0.532. The maximum atomic E-state index is 13.5. The number of fused-ring (bicyclic) bond motifs is 1. The summed E-state index contributed by atoms with van der Waals surface area (Å²) < 4.78 is 77.5. The van der Waals surface area contributed by atoms with E-state index in [1.54, 1.807) is 19.1 Å². The predicted molar refractivity (Wildman–Crippen MR) is 124 cm³/mol. The number of anilines is 2. The van der Waals surface area contributed by atoms with Crippen LogP contribution in [0.5, 0.6) is 5.75 Å². The van der Waals surface area contributed by atoms with Crippen LogP contribution >= 0.6 is 0 Å². The van der Waals surface area contributed by atoms with Crippen molar-refractivity contribution in [2.75, 3.05) is 16.2 Å². The molecule has 0 saturated heterocycles. The highest BCUT2D eigenvalue weighted by molar-refractivity contribution is 7.92. The molecular weight excluding hydrogens is 505 g/mol. The number of carboxylic acid groups (broad SMARTS) is 1. The minimum Gasteiger partial charge on any atom is -0.486 e. The van der Waals surface area contributed by atoms with Crippen molar-refractivity contribution >= 4 is 33.5 Å². The molecular formula is C23H25F3N2O7S. The molecule has 0 aliphatic carbocycles. The SMILES string of the molecule is Cc1cccc(S(=O)(=O)N2C[C@H](CCC(=O)O)Oc3ccc(NC(=O)OC(C)(C)C(F)(F)F)cc32)c1. The van der Waals surface area contributed by atoms with Gasteiger partial charge in [-0.05, 0) is 63.1 Å². The number of sulfonamides is 1. The molecule has 0 unspecified atom stereocenters. The van der Waals surface area contributed by atoms with Gasteiger partial charge in [-0.25, -0.2) is 13.2 Å². The van der Waals surface area contributed by atoms with Gasteiger partial charge in [-0.15, -0.1) is 0 Å². The number of hydrogen-bond donors (Lipinski definition) is 2. The molecule has 0 bridgehead atoms. The molecule has 3 rings (SSSR count). The van der Waals surface area contributed by atoms with Crippen LogP contribution in [0.3, 0.4) is 0 Å². The summed E-state index contributed by atoms with van der Waals surface area (Å²) in [5.74, 6) is -0.972. The lowest BCUT2D eigenvalue weighted by atomic mass is 10.1. The number of aliphatic carboxylic acids is 1. The summed E-state index contributed by atoms with van der Waals surface area (Å²) in [5, 5.41) is 11.2. The zero-order valence-corrected chi connectivity index (χ0v) is 20.4. The Morgan fingerprint density at radius 2 is 1.89 bits per heavy atom. The first kappa shape index (κ1) is 27.1. The van der Waals surface area contributed by atoms with E-state index in [0.717, 1.165) is 4.31 Å². The van der Waals surface area contributed by atoms with E-state index in [1.165, 1.54) is 30.3 Å². The van der Waals surface area contributed by atoms with Crippen molar-refractivity contribution in [2.45, 2.75) is 56.4 Å². The van der Waals surface area contributed by atoms with Gasteiger partial charge in [0.1, 0.15) is 11.9 Å². The molecule has 1 aliphatic heterocycles. The second-order valence-corrected chi connectivity index (χ2v) is 10.6. The number of benzene rings is 2. The van der Waals surface area contributed by atoms with E-state index in [0.29, 0.717) is 19.4 Å². The number of carbonyl (C=O) groups excluding carboxylic acids is 1. The van der Waals surface area contributed by atoms with E-state index in [9.17, 15) is 31.2 Å². The van der Waals surface area contributed by atoms with Crippen LogP contribution in [0, 0.1) is 6.92 Å². The Bertz CT molecular complexity index is 1260. The van der Waals surface area contributed by atoms with Gasteiger partial charge in [0.2, 0.25) is 5.60 Å².